The van der Waals surface area contributed by atoms with Gasteiger partial charge in [-0.1, -0.05) is 12.2 Å². The molecule has 0 aromatic carbocycles. The highest BCUT2D eigenvalue weighted by Gasteiger charge is 2.09. The average Bonchev–Trinajstić information content (AvgIpc) is 2.57. The zero-order valence-corrected chi connectivity index (χ0v) is 8.16. The van der Waals surface area contributed by atoms with Crippen LogP contribution in [0.15, 0.2) is 35.1 Å². The zero-order chi connectivity index (χ0) is 8.39. The highest BCUT2D eigenvalue weighted by Crippen LogP contribution is 2.25. The molecule has 1 aliphatic heterocycles. The molecule has 1 aromatic heterocycles. The van der Waals surface area contributed by atoms with Gasteiger partial charge in [0, 0.05) is 25.5 Å². The van der Waals surface area contributed by atoms with Crippen molar-refractivity contribution in [2.45, 2.75) is 0 Å². The average molecular weight is 225 g/mol. The molecule has 0 unspecified atom stereocenters. The van der Waals surface area contributed by atoms with E-state index >= 15 is 0 Å². The largest absolute Gasteiger partial charge is 0.363 e. The third-order valence-electron chi connectivity index (χ3n) is 1.91. The second-order valence-corrected chi connectivity index (χ2v) is 3.56. The van der Waals surface area contributed by atoms with Gasteiger partial charge in [0.25, 0.3) is 0 Å². The van der Waals surface area contributed by atoms with E-state index in [1.165, 1.54) is 5.69 Å². The molecule has 0 saturated heterocycles. The molecular formula is C9H9BrN2. The van der Waals surface area contributed by atoms with Crippen LogP contribution in [0.1, 0.15) is 0 Å². The van der Waals surface area contributed by atoms with Crippen LogP contribution in [0.5, 0.6) is 0 Å². The van der Waals surface area contributed by atoms with Crippen LogP contribution in [0, 0.1) is 0 Å². The zero-order valence-electron chi connectivity index (χ0n) is 6.57. The van der Waals surface area contributed by atoms with Gasteiger partial charge in [0.1, 0.15) is 0 Å². The van der Waals surface area contributed by atoms with Crippen molar-refractivity contribution in [3.05, 3.63) is 35.1 Å². The van der Waals surface area contributed by atoms with Gasteiger partial charge in [0.15, 0.2) is 0 Å². The molecule has 12 heavy (non-hydrogen) atoms. The number of aromatic nitrogens is 1. The summed E-state index contributed by atoms with van der Waals surface area (Å²) in [6, 6.07) is 2.02. The minimum atomic E-state index is 1.00. The van der Waals surface area contributed by atoms with Crippen molar-refractivity contribution in [2.75, 3.05) is 18.0 Å². The summed E-state index contributed by atoms with van der Waals surface area (Å²) in [5.74, 6) is 0. The first-order valence-corrected chi connectivity index (χ1v) is 4.66. The van der Waals surface area contributed by atoms with Crippen molar-refractivity contribution < 1.29 is 0 Å². The molecule has 0 saturated carbocycles. The fraction of sp³-hybridized carbons (Fsp3) is 0.222. The number of anilines is 1. The van der Waals surface area contributed by atoms with Crippen molar-refractivity contribution in [3.8, 4) is 0 Å². The van der Waals surface area contributed by atoms with E-state index in [-0.39, 0.29) is 0 Å². The molecule has 0 radical (unpaired) electrons. The maximum atomic E-state index is 4.02. The Hall–Kier alpha value is -0.830. The Morgan fingerprint density at radius 3 is 2.75 bits per heavy atom. The lowest BCUT2D eigenvalue weighted by Gasteiger charge is -2.18. The van der Waals surface area contributed by atoms with Crippen LogP contribution in [0.4, 0.5) is 5.69 Å². The van der Waals surface area contributed by atoms with E-state index in [0.29, 0.717) is 0 Å². The van der Waals surface area contributed by atoms with Gasteiger partial charge < -0.3 is 4.90 Å². The Balaban J connectivity index is 2.27. The Bertz CT molecular complexity index is 301. The van der Waals surface area contributed by atoms with E-state index in [1.807, 2.05) is 18.5 Å². The van der Waals surface area contributed by atoms with Gasteiger partial charge in [0.05, 0.1) is 10.2 Å². The summed E-state index contributed by atoms with van der Waals surface area (Å²) in [5, 5.41) is 0. The molecule has 1 aliphatic rings. The van der Waals surface area contributed by atoms with E-state index in [1.54, 1.807) is 0 Å². The molecule has 0 aliphatic carbocycles. The standard InChI is InChI=1S/C9H9BrN2/c10-8-7-11-4-3-9(8)12-5-1-2-6-12/h1-4,7H,5-6H2. The minimum absolute atomic E-state index is 1.00. The van der Waals surface area contributed by atoms with Crippen LogP contribution in [0.3, 0.4) is 0 Å². The maximum absolute atomic E-state index is 4.02. The number of rotatable bonds is 1. The molecule has 62 valence electrons. The van der Waals surface area contributed by atoms with Crippen molar-refractivity contribution in [1.29, 1.82) is 0 Å². The number of hydrogen-bond acceptors (Lipinski definition) is 2. The quantitative estimate of drug-likeness (QED) is 0.681. The molecule has 2 heterocycles. The molecular weight excluding hydrogens is 216 g/mol. The first-order chi connectivity index (χ1) is 5.88. The second-order valence-electron chi connectivity index (χ2n) is 2.70. The molecule has 2 rings (SSSR count). The Kier molecular flexibility index (Phi) is 2.13. The topological polar surface area (TPSA) is 16.1 Å². The van der Waals surface area contributed by atoms with Crippen molar-refractivity contribution >= 4 is 21.6 Å². The van der Waals surface area contributed by atoms with Crippen molar-refractivity contribution in [1.82, 2.24) is 4.98 Å². The monoisotopic (exact) mass is 224 g/mol. The summed E-state index contributed by atoms with van der Waals surface area (Å²) < 4.78 is 1.06. The third kappa shape index (κ3) is 1.37. The van der Waals surface area contributed by atoms with Gasteiger partial charge in [-0.2, -0.15) is 0 Å². The van der Waals surface area contributed by atoms with Crippen LogP contribution < -0.4 is 4.90 Å². The lowest BCUT2D eigenvalue weighted by Crippen LogP contribution is -2.18. The maximum Gasteiger partial charge on any atom is 0.0592 e. The first-order valence-electron chi connectivity index (χ1n) is 3.87. The van der Waals surface area contributed by atoms with Crippen LogP contribution in [-0.2, 0) is 0 Å². The van der Waals surface area contributed by atoms with Gasteiger partial charge in [-0.15, -0.1) is 0 Å². The van der Waals surface area contributed by atoms with Gasteiger partial charge in [-0.3, -0.25) is 4.98 Å². The molecule has 0 bridgehead atoms. The van der Waals surface area contributed by atoms with E-state index in [9.17, 15) is 0 Å². The predicted molar refractivity (Wildman–Crippen MR) is 53.3 cm³/mol. The first kappa shape index (κ1) is 7.80. The van der Waals surface area contributed by atoms with Crippen molar-refractivity contribution in [2.24, 2.45) is 0 Å². The molecule has 0 amide bonds. The van der Waals surface area contributed by atoms with Gasteiger partial charge in [-0.05, 0) is 22.0 Å². The normalized spacial score (nSPS) is 15.6. The highest BCUT2D eigenvalue weighted by molar-refractivity contribution is 9.10. The highest BCUT2D eigenvalue weighted by atomic mass is 79.9. The number of nitrogens with zero attached hydrogens (tertiary/aromatic N) is 2. The fourth-order valence-corrected chi connectivity index (χ4v) is 1.80. The molecule has 1 aromatic rings. The molecule has 0 N–H and O–H groups in total. The Morgan fingerprint density at radius 1 is 1.33 bits per heavy atom. The second kappa shape index (κ2) is 3.27. The fourth-order valence-electron chi connectivity index (χ4n) is 1.30. The van der Waals surface area contributed by atoms with Crippen molar-refractivity contribution in [3.63, 3.8) is 0 Å². The summed E-state index contributed by atoms with van der Waals surface area (Å²) in [6.45, 7) is 2.01. The Labute approximate surface area is 80.0 Å². The number of pyridine rings is 1. The van der Waals surface area contributed by atoms with Gasteiger partial charge in [-0.25, -0.2) is 0 Å². The molecule has 3 heteroatoms. The molecule has 0 spiro atoms. The lowest BCUT2D eigenvalue weighted by atomic mass is 10.4. The van der Waals surface area contributed by atoms with Gasteiger partial charge >= 0.3 is 0 Å². The smallest absolute Gasteiger partial charge is 0.0592 e. The summed E-state index contributed by atoms with van der Waals surface area (Å²) in [4.78, 5) is 6.31. The van der Waals surface area contributed by atoms with E-state index in [4.69, 9.17) is 0 Å². The summed E-state index contributed by atoms with van der Waals surface area (Å²) in [5.41, 5.74) is 1.22. The van der Waals surface area contributed by atoms with Crippen LogP contribution in [0.2, 0.25) is 0 Å². The molecule has 0 atom stereocenters. The predicted octanol–water partition coefficient (Wildman–Crippen LogP) is 2.22. The SMILES string of the molecule is Brc1cnccc1N1CC=CC1. The van der Waals surface area contributed by atoms with Crippen LogP contribution in [-0.4, -0.2) is 18.1 Å². The Morgan fingerprint density at radius 2 is 2.08 bits per heavy atom. The molecule has 2 nitrogen and oxygen atoms in total. The van der Waals surface area contributed by atoms with Crippen LogP contribution >= 0.6 is 15.9 Å². The summed E-state index contributed by atoms with van der Waals surface area (Å²) >= 11 is 3.47. The minimum Gasteiger partial charge on any atom is -0.363 e. The molecule has 0 fully saturated rings. The van der Waals surface area contributed by atoms with E-state index in [0.717, 1.165) is 17.6 Å². The summed E-state index contributed by atoms with van der Waals surface area (Å²) in [7, 11) is 0. The summed E-state index contributed by atoms with van der Waals surface area (Å²) in [6.07, 6.45) is 7.99. The van der Waals surface area contributed by atoms with Crippen LogP contribution in [0.25, 0.3) is 0 Å². The van der Waals surface area contributed by atoms with Gasteiger partial charge in [0.2, 0.25) is 0 Å². The number of hydrogen-bond donors (Lipinski definition) is 0. The van der Waals surface area contributed by atoms with E-state index < -0.39 is 0 Å². The number of halogens is 1. The van der Waals surface area contributed by atoms with E-state index in [2.05, 4.69) is 38.0 Å². The lowest BCUT2D eigenvalue weighted by molar-refractivity contribution is 0.997. The third-order valence-corrected chi connectivity index (χ3v) is 2.52.